The van der Waals surface area contributed by atoms with E-state index in [2.05, 4.69) is 13.0 Å². The van der Waals surface area contributed by atoms with Crippen LogP contribution in [0, 0.1) is 35.4 Å². The molecule has 0 saturated heterocycles. The van der Waals surface area contributed by atoms with Gasteiger partial charge in [-0.3, -0.25) is 0 Å². The van der Waals surface area contributed by atoms with Gasteiger partial charge in [0.25, 0.3) is 0 Å². The first-order valence-electron chi connectivity index (χ1n) is 12.7. The molecule has 3 fully saturated rings. The monoisotopic (exact) mass is 412 g/mol. The van der Waals surface area contributed by atoms with E-state index in [4.69, 9.17) is 4.74 Å². The normalized spacial score (nSPS) is 34.6. The van der Waals surface area contributed by atoms with Crippen molar-refractivity contribution >= 4 is 0 Å². The molecule has 3 aliphatic carbocycles. The first-order valence-corrected chi connectivity index (χ1v) is 12.7. The lowest BCUT2D eigenvalue weighted by Gasteiger charge is -2.45. The molecule has 1 aromatic rings. The van der Waals surface area contributed by atoms with Crippen LogP contribution in [-0.4, -0.2) is 6.61 Å². The van der Waals surface area contributed by atoms with Gasteiger partial charge in [-0.15, -0.1) is 0 Å². The van der Waals surface area contributed by atoms with Gasteiger partial charge in [-0.1, -0.05) is 38.0 Å². The Balaban J connectivity index is 1.28. The zero-order valence-corrected chi connectivity index (χ0v) is 19.1. The SMILES string of the molecule is C/C=C/COc1ccc(C2CCC(C3CCC4CC(CC)CCC4C3)CC2)cc1F. The second-order valence-electron chi connectivity index (χ2n) is 10.4. The minimum Gasteiger partial charge on any atom is -0.486 e. The van der Waals surface area contributed by atoms with E-state index in [1.807, 2.05) is 25.1 Å². The molecular formula is C28H41FO. The summed E-state index contributed by atoms with van der Waals surface area (Å²) < 4.78 is 20.0. The Labute approximate surface area is 183 Å². The van der Waals surface area contributed by atoms with Crippen molar-refractivity contribution in [2.45, 2.75) is 90.4 Å². The molecule has 1 nitrogen and oxygen atoms in total. The molecule has 3 aliphatic rings. The van der Waals surface area contributed by atoms with Crippen molar-refractivity contribution in [1.29, 1.82) is 0 Å². The molecule has 0 spiro atoms. The molecule has 0 amide bonds. The van der Waals surface area contributed by atoms with E-state index in [9.17, 15) is 4.39 Å². The highest BCUT2D eigenvalue weighted by Gasteiger charge is 2.38. The highest BCUT2D eigenvalue weighted by atomic mass is 19.1. The molecule has 2 heteroatoms. The number of ether oxygens (including phenoxy) is 1. The summed E-state index contributed by atoms with van der Waals surface area (Å²) in [5, 5.41) is 0. The van der Waals surface area contributed by atoms with Gasteiger partial charge in [-0.25, -0.2) is 4.39 Å². The molecule has 0 radical (unpaired) electrons. The summed E-state index contributed by atoms with van der Waals surface area (Å²) in [7, 11) is 0. The minimum absolute atomic E-state index is 0.208. The predicted octanol–water partition coefficient (Wildman–Crippen LogP) is 8.30. The third-order valence-electron chi connectivity index (χ3n) is 8.78. The predicted molar refractivity (Wildman–Crippen MR) is 123 cm³/mol. The highest BCUT2D eigenvalue weighted by molar-refractivity contribution is 5.31. The molecule has 0 bridgehead atoms. The van der Waals surface area contributed by atoms with Gasteiger partial charge in [0.2, 0.25) is 0 Å². The Hall–Kier alpha value is -1.31. The smallest absolute Gasteiger partial charge is 0.165 e. The van der Waals surface area contributed by atoms with E-state index in [1.54, 1.807) is 6.07 Å². The molecule has 4 atom stereocenters. The number of hydrogen-bond donors (Lipinski definition) is 0. The van der Waals surface area contributed by atoms with Gasteiger partial charge < -0.3 is 4.74 Å². The summed E-state index contributed by atoms with van der Waals surface area (Å²) in [5.41, 5.74) is 1.17. The maximum atomic E-state index is 14.5. The summed E-state index contributed by atoms with van der Waals surface area (Å²) in [5.74, 6) is 5.64. The topological polar surface area (TPSA) is 9.23 Å². The van der Waals surface area contributed by atoms with Crippen molar-refractivity contribution in [3.05, 3.63) is 41.7 Å². The summed E-state index contributed by atoms with van der Waals surface area (Å²) in [6.07, 6.45) is 19.3. The lowest BCUT2D eigenvalue weighted by atomic mass is 9.60. The number of fused-ring (bicyclic) bond motifs is 1. The average molecular weight is 413 g/mol. The van der Waals surface area contributed by atoms with Crippen molar-refractivity contribution in [3.63, 3.8) is 0 Å². The van der Waals surface area contributed by atoms with Gasteiger partial charge in [0.1, 0.15) is 6.61 Å². The zero-order chi connectivity index (χ0) is 20.9. The van der Waals surface area contributed by atoms with Gasteiger partial charge in [-0.05, 0) is 118 Å². The van der Waals surface area contributed by atoms with Gasteiger partial charge >= 0.3 is 0 Å². The highest BCUT2D eigenvalue weighted by Crippen LogP contribution is 2.50. The zero-order valence-electron chi connectivity index (χ0n) is 19.1. The van der Waals surface area contributed by atoms with Gasteiger partial charge in [0.05, 0.1) is 0 Å². The quantitative estimate of drug-likeness (QED) is 0.427. The Morgan fingerprint density at radius 2 is 1.57 bits per heavy atom. The van der Waals surface area contributed by atoms with Crippen LogP contribution in [-0.2, 0) is 0 Å². The van der Waals surface area contributed by atoms with Crippen LogP contribution >= 0.6 is 0 Å². The van der Waals surface area contributed by atoms with E-state index in [1.165, 1.54) is 76.2 Å². The fourth-order valence-corrected chi connectivity index (χ4v) is 6.87. The number of rotatable bonds is 6. The van der Waals surface area contributed by atoms with Crippen LogP contribution in [0.5, 0.6) is 5.75 Å². The molecule has 1 aromatic carbocycles. The van der Waals surface area contributed by atoms with Crippen LogP contribution in [0.4, 0.5) is 4.39 Å². The Morgan fingerprint density at radius 3 is 2.27 bits per heavy atom. The maximum Gasteiger partial charge on any atom is 0.165 e. The number of halogens is 1. The number of hydrogen-bond acceptors (Lipinski definition) is 1. The lowest BCUT2D eigenvalue weighted by Crippen LogP contribution is -2.34. The van der Waals surface area contributed by atoms with Gasteiger partial charge in [0.15, 0.2) is 11.6 Å². The fraction of sp³-hybridized carbons (Fsp3) is 0.714. The molecule has 3 saturated carbocycles. The summed E-state index contributed by atoms with van der Waals surface area (Å²) in [6.45, 7) is 4.76. The Kier molecular flexibility index (Phi) is 7.55. The van der Waals surface area contributed by atoms with E-state index in [0.29, 0.717) is 18.3 Å². The third kappa shape index (κ3) is 5.11. The van der Waals surface area contributed by atoms with E-state index in [0.717, 1.165) is 29.6 Å². The van der Waals surface area contributed by atoms with Crippen LogP contribution in [0.25, 0.3) is 0 Å². The number of benzene rings is 1. The van der Waals surface area contributed by atoms with Crippen LogP contribution in [0.1, 0.15) is 96.0 Å². The van der Waals surface area contributed by atoms with Crippen molar-refractivity contribution in [3.8, 4) is 5.75 Å². The van der Waals surface area contributed by atoms with E-state index >= 15 is 0 Å². The molecule has 0 aliphatic heterocycles. The standard InChI is InChI=1S/C28H41FO/c1-3-5-16-30-28-15-14-26(19-27(28)29)22-10-8-21(9-11-22)24-13-12-23-17-20(4-2)6-7-25(23)18-24/h3,5,14-15,19-25H,4,6-13,16-18H2,1-2H3/b5-3+. The summed E-state index contributed by atoms with van der Waals surface area (Å²) in [6, 6.07) is 5.65. The van der Waals surface area contributed by atoms with Crippen LogP contribution in [0.2, 0.25) is 0 Å². The maximum absolute atomic E-state index is 14.5. The molecule has 0 N–H and O–H groups in total. The second-order valence-corrected chi connectivity index (χ2v) is 10.4. The molecule has 4 unspecified atom stereocenters. The van der Waals surface area contributed by atoms with Gasteiger partial charge in [0, 0.05) is 0 Å². The Morgan fingerprint density at radius 1 is 0.900 bits per heavy atom. The van der Waals surface area contributed by atoms with Gasteiger partial charge in [-0.2, -0.15) is 0 Å². The molecule has 30 heavy (non-hydrogen) atoms. The van der Waals surface area contributed by atoms with E-state index < -0.39 is 0 Å². The fourth-order valence-electron chi connectivity index (χ4n) is 6.87. The molecular weight excluding hydrogens is 371 g/mol. The molecule has 0 heterocycles. The number of allylic oxidation sites excluding steroid dienone is 1. The molecule has 4 rings (SSSR count). The molecule has 166 valence electrons. The van der Waals surface area contributed by atoms with E-state index in [-0.39, 0.29) is 5.82 Å². The second kappa shape index (κ2) is 10.3. The van der Waals surface area contributed by atoms with Crippen LogP contribution < -0.4 is 4.74 Å². The Bertz CT molecular complexity index is 703. The van der Waals surface area contributed by atoms with Crippen LogP contribution in [0.3, 0.4) is 0 Å². The average Bonchev–Trinajstić information content (AvgIpc) is 2.79. The van der Waals surface area contributed by atoms with Crippen molar-refractivity contribution in [1.82, 2.24) is 0 Å². The summed E-state index contributed by atoms with van der Waals surface area (Å²) in [4.78, 5) is 0. The lowest BCUT2D eigenvalue weighted by molar-refractivity contribution is 0.0629. The van der Waals surface area contributed by atoms with Crippen molar-refractivity contribution in [2.75, 3.05) is 6.61 Å². The van der Waals surface area contributed by atoms with Crippen molar-refractivity contribution < 1.29 is 9.13 Å². The van der Waals surface area contributed by atoms with Crippen molar-refractivity contribution in [2.24, 2.45) is 29.6 Å². The van der Waals surface area contributed by atoms with Crippen LogP contribution in [0.15, 0.2) is 30.4 Å². The first kappa shape index (κ1) is 21.9. The third-order valence-corrected chi connectivity index (χ3v) is 8.78. The summed E-state index contributed by atoms with van der Waals surface area (Å²) >= 11 is 0. The largest absolute Gasteiger partial charge is 0.486 e. The first-order chi connectivity index (χ1) is 14.7. The molecule has 0 aromatic heterocycles. The minimum atomic E-state index is -0.208.